The molecule has 3 rings (SSSR count). The second kappa shape index (κ2) is 48.4. The Kier molecular flexibility index (Phi) is 43.7. The predicted octanol–water partition coefficient (Wildman–Crippen LogP) is 7.60. The second-order valence-corrected chi connectivity index (χ2v) is 23.6. The van der Waals surface area contributed by atoms with Crippen LogP contribution < -0.4 is 5.32 Å². The summed E-state index contributed by atoms with van der Waals surface area (Å²) in [5.41, 5.74) is 0. The largest absolute Gasteiger partial charge is 0.394 e. The molecule has 494 valence electrons. The van der Waals surface area contributed by atoms with Crippen molar-refractivity contribution in [2.45, 2.75) is 324 Å². The first kappa shape index (κ1) is 76.7. The number of carbonyl (C=O) groups excluding carboxylic acids is 1. The summed E-state index contributed by atoms with van der Waals surface area (Å²) in [5.74, 6) is -0.300. The van der Waals surface area contributed by atoms with Gasteiger partial charge in [-0.15, -0.1) is 0 Å². The van der Waals surface area contributed by atoms with Crippen molar-refractivity contribution in [3.63, 3.8) is 0 Å². The van der Waals surface area contributed by atoms with E-state index in [1.165, 1.54) is 122 Å². The van der Waals surface area contributed by atoms with E-state index in [0.29, 0.717) is 25.7 Å². The van der Waals surface area contributed by atoms with Gasteiger partial charge in [-0.3, -0.25) is 4.79 Å². The molecule has 3 fully saturated rings. The van der Waals surface area contributed by atoms with Crippen LogP contribution in [-0.4, -0.2) is 193 Å². The van der Waals surface area contributed by atoms with Crippen molar-refractivity contribution in [1.29, 1.82) is 0 Å². The highest BCUT2D eigenvalue weighted by Gasteiger charge is 2.53. The van der Waals surface area contributed by atoms with E-state index in [4.69, 9.17) is 28.4 Å². The van der Waals surface area contributed by atoms with Gasteiger partial charge in [0.25, 0.3) is 0 Å². The Balaban J connectivity index is 1.47. The first-order valence-corrected chi connectivity index (χ1v) is 33.0. The molecule has 19 heteroatoms. The highest BCUT2D eigenvalue weighted by molar-refractivity contribution is 5.76. The molecule has 1 amide bonds. The van der Waals surface area contributed by atoms with Crippen LogP contribution in [0.3, 0.4) is 0 Å². The number of rotatable bonds is 49. The van der Waals surface area contributed by atoms with Crippen LogP contribution in [0.2, 0.25) is 0 Å². The van der Waals surface area contributed by atoms with E-state index in [1.54, 1.807) is 0 Å². The Morgan fingerprint density at radius 1 is 0.435 bits per heavy atom. The maximum absolute atomic E-state index is 13.4. The molecule has 0 radical (unpaired) electrons. The van der Waals surface area contributed by atoms with Crippen LogP contribution in [0.5, 0.6) is 0 Å². The van der Waals surface area contributed by atoms with Crippen molar-refractivity contribution in [1.82, 2.24) is 5.32 Å². The highest BCUT2D eigenvalue weighted by Crippen LogP contribution is 2.33. The van der Waals surface area contributed by atoms with Gasteiger partial charge < -0.3 is 89.9 Å². The van der Waals surface area contributed by atoms with Gasteiger partial charge in [0.15, 0.2) is 18.9 Å². The first-order chi connectivity index (χ1) is 41.3. The number of nitrogens with one attached hydrogen (secondary N) is 1. The van der Waals surface area contributed by atoms with Crippen molar-refractivity contribution in [2.75, 3.05) is 26.4 Å². The monoisotopic (exact) mass is 1210 g/mol. The van der Waals surface area contributed by atoms with Crippen LogP contribution in [-0.2, 0) is 33.2 Å². The smallest absolute Gasteiger partial charge is 0.220 e. The Bertz CT molecular complexity index is 1780. The van der Waals surface area contributed by atoms with Crippen molar-refractivity contribution >= 4 is 5.91 Å². The number of amides is 1. The Hall–Kier alpha value is -2.51. The summed E-state index contributed by atoms with van der Waals surface area (Å²) >= 11 is 0. The summed E-state index contributed by atoms with van der Waals surface area (Å²) in [5, 5.41) is 120. The third kappa shape index (κ3) is 31.2. The lowest BCUT2D eigenvalue weighted by Crippen LogP contribution is -2.66. The summed E-state index contributed by atoms with van der Waals surface area (Å²) in [4.78, 5) is 13.4. The lowest BCUT2D eigenvalue weighted by molar-refractivity contribution is -0.379. The van der Waals surface area contributed by atoms with Crippen LogP contribution >= 0.6 is 0 Å². The molecule has 19 nitrogen and oxygen atoms in total. The zero-order valence-electron chi connectivity index (χ0n) is 51.8. The van der Waals surface area contributed by atoms with E-state index >= 15 is 0 Å². The van der Waals surface area contributed by atoms with Crippen LogP contribution in [0.15, 0.2) is 60.8 Å². The van der Waals surface area contributed by atoms with E-state index in [2.05, 4.69) is 73.8 Å². The fourth-order valence-electron chi connectivity index (χ4n) is 11.0. The molecule has 3 heterocycles. The first-order valence-electron chi connectivity index (χ1n) is 33.0. The number of carbonyl (C=O) groups is 1. The average Bonchev–Trinajstić information content (AvgIpc) is 3.10. The summed E-state index contributed by atoms with van der Waals surface area (Å²) in [6, 6.07) is -0.920. The third-order valence-corrected chi connectivity index (χ3v) is 16.4. The number of aliphatic hydroxyl groups excluding tert-OH is 11. The van der Waals surface area contributed by atoms with Gasteiger partial charge in [0.05, 0.1) is 38.6 Å². The summed E-state index contributed by atoms with van der Waals surface area (Å²) in [6.45, 7) is 1.64. The van der Waals surface area contributed by atoms with Gasteiger partial charge in [-0.25, -0.2) is 0 Å². The average molecular weight is 1210 g/mol. The van der Waals surface area contributed by atoms with Gasteiger partial charge >= 0.3 is 0 Å². The number of allylic oxidation sites excluding steroid dienone is 10. The van der Waals surface area contributed by atoms with Gasteiger partial charge in [0, 0.05) is 6.42 Å². The minimum Gasteiger partial charge on any atom is -0.394 e. The van der Waals surface area contributed by atoms with Crippen LogP contribution in [0.1, 0.15) is 219 Å². The molecule has 0 bridgehead atoms. The fourth-order valence-corrected chi connectivity index (χ4v) is 11.0. The normalized spacial score (nSPS) is 29.4. The molecule has 0 aromatic heterocycles. The van der Waals surface area contributed by atoms with Crippen molar-refractivity contribution in [3.8, 4) is 0 Å². The van der Waals surface area contributed by atoms with E-state index in [1.807, 2.05) is 6.08 Å². The number of ether oxygens (including phenoxy) is 6. The van der Waals surface area contributed by atoms with Gasteiger partial charge in [-0.1, -0.05) is 222 Å². The van der Waals surface area contributed by atoms with E-state index in [0.717, 1.165) is 51.4 Å². The summed E-state index contributed by atoms with van der Waals surface area (Å²) < 4.78 is 34.3. The van der Waals surface area contributed by atoms with Gasteiger partial charge in [-0.05, 0) is 51.4 Å². The van der Waals surface area contributed by atoms with Gasteiger partial charge in [0.2, 0.25) is 5.91 Å². The fraction of sp³-hybridized carbons (Fsp3) is 0.833. The molecule has 12 N–H and O–H groups in total. The van der Waals surface area contributed by atoms with Crippen LogP contribution in [0.25, 0.3) is 0 Å². The topological polar surface area (TPSA) is 307 Å². The van der Waals surface area contributed by atoms with E-state index in [-0.39, 0.29) is 18.9 Å². The highest BCUT2D eigenvalue weighted by atomic mass is 16.8. The maximum atomic E-state index is 13.4. The quantitative estimate of drug-likeness (QED) is 0.0206. The number of aliphatic hydroxyl groups is 11. The third-order valence-electron chi connectivity index (χ3n) is 16.4. The molecule has 3 aliphatic rings. The SMILES string of the molecule is CC/C=C\C/C=C\C/C=C\C/C=C\C/C=C\CCCC(=O)NC(COC1OC(CO)C(OC2OC(CO)C(OC3OC(CO)C(O)C(O)C3O)C(O)C2O)C(O)C1O)C(O)CCCCCCCCCCCCCCCCCCCCCCCCC. The van der Waals surface area contributed by atoms with E-state index in [9.17, 15) is 61.0 Å². The molecule has 17 atom stereocenters. The van der Waals surface area contributed by atoms with Crippen LogP contribution in [0, 0.1) is 0 Å². The standard InChI is InChI=1S/C66H117NO18/c1-3-5-7-9-11-13-15-17-19-21-22-23-24-25-26-28-29-31-33-35-37-39-41-43-50(71)49(67-54(72)44-42-40-38-36-34-32-30-27-20-18-16-14-12-10-8-6-4-2)48-80-64-60(78)57(75)62(52(46-69)82-64)85-66-61(79)58(76)63(53(47-70)83-66)84-65-59(77)56(74)55(73)51(45-68)81-65/h6,8,12,14,18,20,30,32,36,38,49-53,55-66,68-71,73-79H,3-5,7,9-11,13,15-17,19,21-29,31,33-35,37,39-48H2,1-2H3,(H,67,72)/b8-6-,14-12-,20-18-,32-30-,38-36-. The molecule has 0 aliphatic carbocycles. The number of hydrogen-bond donors (Lipinski definition) is 12. The van der Waals surface area contributed by atoms with E-state index < -0.39 is 124 Å². The zero-order chi connectivity index (χ0) is 61.9. The van der Waals surface area contributed by atoms with Gasteiger partial charge in [-0.2, -0.15) is 0 Å². The molecular weight excluding hydrogens is 1090 g/mol. The Morgan fingerprint density at radius 2 is 0.800 bits per heavy atom. The molecule has 3 aliphatic heterocycles. The minimum absolute atomic E-state index is 0.186. The second-order valence-electron chi connectivity index (χ2n) is 23.6. The molecular formula is C66H117NO18. The summed E-state index contributed by atoms with van der Waals surface area (Å²) in [6.07, 6.45) is 30.2. The molecule has 17 unspecified atom stereocenters. The van der Waals surface area contributed by atoms with Gasteiger partial charge in [0.1, 0.15) is 73.2 Å². The lowest BCUT2D eigenvalue weighted by atomic mass is 9.96. The molecule has 3 saturated heterocycles. The Morgan fingerprint density at radius 3 is 1.22 bits per heavy atom. The summed E-state index contributed by atoms with van der Waals surface area (Å²) in [7, 11) is 0. The maximum Gasteiger partial charge on any atom is 0.220 e. The minimum atomic E-state index is -1.98. The zero-order valence-corrected chi connectivity index (χ0v) is 51.8. The van der Waals surface area contributed by atoms with Crippen LogP contribution in [0.4, 0.5) is 0 Å². The molecule has 0 spiro atoms. The number of hydrogen-bond acceptors (Lipinski definition) is 18. The van der Waals surface area contributed by atoms with Crippen molar-refractivity contribution in [2.24, 2.45) is 0 Å². The predicted molar refractivity (Wildman–Crippen MR) is 328 cm³/mol. The molecule has 0 saturated carbocycles. The molecule has 0 aromatic carbocycles. The molecule has 0 aromatic rings. The van der Waals surface area contributed by atoms with Crippen molar-refractivity contribution < 1.29 is 89.4 Å². The Labute approximate surface area is 509 Å². The number of unbranched alkanes of at least 4 members (excludes halogenated alkanes) is 23. The molecule has 85 heavy (non-hydrogen) atoms. The lowest BCUT2D eigenvalue weighted by Gasteiger charge is -2.48. The van der Waals surface area contributed by atoms with Crippen molar-refractivity contribution in [3.05, 3.63) is 60.8 Å².